The van der Waals surface area contributed by atoms with Gasteiger partial charge in [-0.2, -0.15) is 0 Å². The molecule has 6 heteroatoms. The Morgan fingerprint density at radius 1 is 1.46 bits per heavy atom. The van der Waals surface area contributed by atoms with Gasteiger partial charge < -0.3 is 4.74 Å². The maximum atomic E-state index is 10.7. The number of esters is 1. The molecule has 0 atom stereocenters. The molecule has 0 bridgehead atoms. The van der Waals surface area contributed by atoms with Gasteiger partial charge in [-0.1, -0.05) is 0 Å². The summed E-state index contributed by atoms with van der Waals surface area (Å²) in [5.74, 6) is 0.428. The molecule has 0 aliphatic carbocycles. The van der Waals surface area contributed by atoms with E-state index in [1.807, 2.05) is 0 Å². The fourth-order valence-electron chi connectivity index (χ4n) is 0.599. The summed E-state index contributed by atoms with van der Waals surface area (Å²) in [5, 5.41) is 0. The van der Waals surface area contributed by atoms with Crippen molar-refractivity contribution in [1.29, 1.82) is 0 Å². The molecule has 0 radical (unpaired) electrons. The smallest absolute Gasteiger partial charge is 0.305 e. The van der Waals surface area contributed by atoms with E-state index in [9.17, 15) is 4.79 Å². The summed E-state index contributed by atoms with van der Waals surface area (Å²) in [4.78, 5) is 10.7. The monoisotopic (exact) mass is 226 g/mol. The van der Waals surface area contributed by atoms with Gasteiger partial charge in [0.1, 0.15) is 0 Å². The van der Waals surface area contributed by atoms with Crippen molar-refractivity contribution in [3.8, 4) is 0 Å². The van der Waals surface area contributed by atoms with Crippen molar-refractivity contribution in [1.82, 2.24) is 9.44 Å². The minimum absolute atomic E-state index is 0.166. The second kappa shape index (κ2) is 10.1. The van der Waals surface area contributed by atoms with Crippen LogP contribution in [0.2, 0.25) is 0 Å². The molecule has 0 aromatic rings. The second-order valence-electron chi connectivity index (χ2n) is 2.26. The number of hydrogen-bond donors (Lipinski definition) is 2. The largest absolute Gasteiger partial charge is 0.469 e. The molecule has 0 saturated heterocycles. The van der Waals surface area contributed by atoms with Crippen LogP contribution in [0.5, 0.6) is 0 Å². The molecule has 0 aromatic heterocycles. The molecule has 0 rings (SSSR count). The highest BCUT2D eigenvalue weighted by molar-refractivity contribution is 7.95. The number of alkyl halides is 1. The van der Waals surface area contributed by atoms with Crippen molar-refractivity contribution < 1.29 is 9.53 Å². The molecule has 0 saturated carbocycles. The second-order valence-corrected chi connectivity index (χ2v) is 3.42. The van der Waals surface area contributed by atoms with Crippen LogP contribution in [-0.2, 0) is 9.53 Å². The van der Waals surface area contributed by atoms with Crippen LogP contribution in [0.25, 0.3) is 0 Å². The fourth-order valence-corrected chi connectivity index (χ4v) is 1.36. The molecular formula is C7H15ClN2O2S. The quantitative estimate of drug-likeness (QED) is 0.279. The first-order chi connectivity index (χ1) is 6.31. The zero-order valence-electron chi connectivity index (χ0n) is 7.64. The summed E-state index contributed by atoms with van der Waals surface area (Å²) in [6.45, 7) is 1.53. The molecule has 2 N–H and O–H groups in total. The third-order valence-electron chi connectivity index (χ3n) is 1.23. The van der Waals surface area contributed by atoms with Crippen molar-refractivity contribution in [2.75, 3.05) is 26.1 Å². The van der Waals surface area contributed by atoms with E-state index in [-0.39, 0.29) is 5.97 Å². The number of carbonyl (C=O) groups is 1. The molecule has 0 aliphatic rings. The number of halogens is 1. The molecular weight excluding hydrogens is 212 g/mol. The molecule has 0 aromatic carbocycles. The van der Waals surface area contributed by atoms with E-state index in [1.165, 1.54) is 19.2 Å². The summed E-state index contributed by atoms with van der Waals surface area (Å²) in [6, 6.07) is 0. The van der Waals surface area contributed by atoms with Gasteiger partial charge in [0.05, 0.1) is 7.11 Å². The number of hydrogen-bond acceptors (Lipinski definition) is 5. The van der Waals surface area contributed by atoms with E-state index >= 15 is 0 Å². The highest BCUT2D eigenvalue weighted by Gasteiger charge is 1.98. The molecule has 13 heavy (non-hydrogen) atoms. The number of methoxy groups -OCH3 is 1. The normalized spacial score (nSPS) is 10.0. The van der Waals surface area contributed by atoms with Gasteiger partial charge >= 0.3 is 5.97 Å². The zero-order valence-corrected chi connectivity index (χ0v) is 9.21. The summed E-state index contributed by atoms with van der Waals surface area (Å²) in [7, 11) is 1.40. The summed E-state index contributed by atoms with van der Waals surface area (Å²) < 4.78 is 10.5. The average Bonchev–Trinajstić information content (AvgIpc) is 2.16. The Morgan fingerprint density at radius 3 is 2.77 bits per heavy atom. The van der Waals surface area contributed by atoms with Crippen LogP contribution in [0.3, 0.4) is 0 Å². The molecule has 0 aliphatic heterocycles. The lowest BCUT2D eigenvalue weighted by Gasteiger charge is -2.03. The van der Waals surface area contributed by atoms with Gasteiger partial charge in [0.15, 0.2) is 0 Å². The van der Waals surface area contributed by atoms with Crippen LogP contribution >= 0.6 is 23.7 Å². The molecule has 78 valence electrons. The lowest BCUT2D eigenvalue weighted by Crippen LogP contribution is -2.17. The predicted octanol–water partition coefficient (Wildman–Crippen LogP) is 0.921. The van der Waals surface area contributed by atoms with Crippen LogP contribution in [-0.4, -0.2) is 32.0 Å². The molecule has 0 fully saturated rings. The molecule has 0 unspecified atom stereocenters. The van der Waals surface area contributed by atoms with Gasteiger partial charge in [0, 0.05) is 37.5 Å². The first kappa shape index (κ1) is 13.0. The molecule has 0 amide bonds. The molecule has 4 nitrogen and oxygen atoms in total. The Hall–Kier alpha value is 0.0300. The lowest BCUT2D eigenvalue weighted by molar-refractivity contribution is -0.140. The maximum absolute atomic E-state index is 10.7. The highest BCUT2D eigenvalue weighted by Crippen LogP contribution is 1.92. The van der Waals surface area contributed by atoms with Crippen LogP contribution in [0.15, 0.2) is 0 Å². The molecule has 0 heterocycles. The van der Waals surface area contributed by atoms with Gasteiger partial charge in [-0.3, -0.25) is 9.52 Å². The van der Waals surface area contributed by atoms with Crippen molar-refractivity contribution in [3.05, 3.63) is 0 Å². The minimum atomic E-state index is -0.166. The van der Waals surface area contributed by atoms with Crippen LogP contribution < -0.4 is 9.44 Å². The SMILES string of the molecule is COC(=O)CCCNSNCCCl. The van der Waals surface area contributed by atoms with Crippen molar-refractivity contribution in [2.24, 2.45) is 0 Å². The average molecular weight is 227 g/mol. The van der Waals surface area contributed by atoms with Crippen LogP contribution in [0.1, 0.15) is 12.8 Å². The van der Waals surface area contributed by atoms with E-state index in [4.69, 9.17) is 11.6 Å². The first-order valence-corrected chi connectivity index (χ1v) is 5.40. The third kappa shape index (κ3) is 9.95. The Kier molecular flexibility index (Phi) is 10.1. The van der Waals surface area contributed by atoms with Crippen molar-refractivity contribution in [2.45, 2.75) is 12.8 Å². The summed E-state index contributed by atoms with van der Waals surface area (Å²) >= 11 is 6.84. The van der Waals surface area contributed by atoms with E-state index in [0.29, 0.717) is 12.3 Å². The Bertz CT molecular complexity index is 138. The number of ether oxygens (including phenoxy) is 1. The standard InChI is InChI=1S/C7H15ClN2O2S/c1-12-7(11)3-2-5-9-13-10-6-4-8/h9-10H,2-6H2,1H3. The van der Waals surface area contributed by atoms with Gasteiger partial charge in [0.2, 0.25) is 0 Å². The van der Waals surface area contributed by atoms with E-state index in [2.05, 4.69) is 14.2 Å². The Labute approximate surface area is 88.0 Å². The Morgan fingerprint density at radius 2 is 2.15 bits per heavy atom. The lowest BCUT2D eigenvalue weighted by atomic mass is 10.3. The topological polar surface area (TPSA) is 50.4 Å². The van der Waals surface area contributed by atoms with E-state index in [0.717, 1.165) is 19.5 Å². The first-order valence-electron chi connectivity index (χ1n) is 4.05. The van der Waals surface area contributed by atoms with Gasteiger partial charge in [0.25, 0.3) is 0 Å². The number of carbonyl (C=O) groups excluding carboxylic acids is 1. The fraction of sp³-hybridized carbons (Fsp3) is 0.857. The number of nitrogens with one attached hydrogen (secondary N) is 2. The van der Waals surface area contributed by atoms with E-state index in [1.54, 1.807) is 0 Å². The number of rotatable bonds is 8. The van der Waals surface area contributed by atoms with Crippen LogP contribution in [0, 0.1) is 0 Å². The minimum Gasteiger partial charge on any atom is -0.469 e. The van der Waals surface area contributed by atoms with Crippen molar-refractivity contribution >= 4 is 29.7 Å². The maximum Gasteiger partial charge on any atom is 0.305 e. The van der Waals surface area contributed by atoms with Gasteiger partial charge in [-0.15, -0.1) is 11.6 Å². The van der Waals surface area contributed by atoms with Crippen molar-refractivity contribution in [3.63, 3.8) is 0 Å². The highest BCUT2D eigenvalue weighted by atomic mass is 35.5. The van der Waals surface area contributed by atoms with Crippen LogP contribution in [0.4, 0.5) is 0 Å². The predicted molar refractivity (Wildman–Crippen MR) is 55.6 cm³/mol. The molecule has 0 spiro atoms. The van der Waals surface area contributed by atoms with Gasteiger partial charge in [-0.05, 0) is 6.42 Å². The zero-order chi connectivity index (χ0) is 9.94. The Balaban J connectivity index is 2.95. The summed E-state index contributed by atoms with van der Waals surface area (Å²) in [5.41, 5.74) is 0. The summed E-state index contributed by atoms with van der Waals surface area (Å²) in [6.07, 6.45) is 1.24. The third-order valence-corrected chi connectivity index (χ3v) is 2.11. The van der Waals surface area contributed by atoms with E-state index < -0.39 is 0 Å². The van der Waals surface area contributed by atoms with Gasteiger partial charge in [-0.25, -0.2) is 4.72 Å².